The summed E-state index contributed by atoms with van der Waals surface area (Å²) in [5, 5.41) is 6.43. The van der Waals surface area contributed by atoms with E-state index >= 15 is 0 Å². The van der Waals surface area contributed by atoms with Crippen molar-refractivity contribution in [3.8, 4) is 11.5 Å². The third-order valence-corrected chi connectivity index (χ3v) is 5.96. The molecule has 0 saturated heterocycles. The molecule has 1 unspecified atom stereocenters. The van der Waals surface area contributed by atoms with Crippen molar-refractivity contribution >= 4 is 23.3 Å². The smallest absolute Gasteiger partial charge is 0.214 e. The highest BCUT2D eigenvalue weighted by atomic mass is 31.2. The highest BCUT2D eigenvalue weighted by Gasteiger charge is 2.75. The third-order valence-electron chi connectivity index (χ3n) is 3.40. The standard InChI is InChI=1S/C12H13N2O2P/c1-6(2)4-7-5-14(3)13-8(7)9-10-11-12(16-9)17(10,11)15/h5-6H,4H2,1-3H3. The summed E-state index contributed by atoms with van der Waals surface area (Å²) in [5.74, 6) is 1.35. The van der Waals surface area contributed by atoms with E-state index in [0.29, 0.717) is 5.92 Å². The number of aryl methyl sites for hydroxylation is 1. The van der Waals surface area contributed by atoms with Crippen LogP contribution in [-0.2, 0) is 18.0 Å². The van der Waals surface area contributed by atoms with Crippen LogP contribution in [0.25, 0.3) is 11.5 Å². The molecule has 0 fully saturated rings. The molecular weight excluding hydrogens is 235 g/mol. The van der Waals surface area contributed by atoms with E-state index in [1.54, 1.807) is 4.68 Å². The Morgan fingerprint density at radius 3 is 2.71 bits per heavy atom. The molecule has 0 saturated carbocycles. The molecule has 0 N–H and O–H groups in total. The summed E-state index contributed by atoms with van der Waals surface area (Å²) in [6.07, 6.45) is 3.00. The fourth-order valence-electron chi connectivity index (χ4n) is 2.58. The van der Waals surface area contributed by atoms with Crippen LogP contribution in [0.15, 0.2) is 10.6 Å². The zero-order valence-corrected chi connectivity index (χ0v) is 10.9. The number of aromatic nitrogens is 2. The summed E-state index contributed by atoms with van der Waals surface area (Å²) in [7, 11) is -0.208. The lowest BCUT2D eigenvalue weighted by Crippen LogP contribution is -1.99. The first-order valence-corrected chi connectivity index (χ1v) is 7.55. The van der Waals surface area contributed by atoms with E-state index in [-0.39, 0.29) is 0 Å². The molecule has 2 bridgehead atoms. The van der Waals surface area contributed by atoms with Crippen molar-refractivity contribution in [1.29, 1.82) is 0 Å². The minimum absolute atomic E-state index is 0.573. The quantitative estimate of drug-likeness (QED) is 0.511. The van der Waals surface area contributed by atoms with Gasteiger partial charge in [-0.2, -0.15) is 5.10 Å². The minimum atomic E-state index is -2.12. The molecule has 0 aromatic carbocycles. The predicted molar refractivity (Wildman–Crippen MR) is 66.0 cm³/mol. The van der Waals surface area contributed by atoms with Gasteiger partial charge in [-0.05, 0) is 12.3 Å². The topological polar surface area (TPSA) is 48.0 Å². The first-order valence-electron chi connectivity index (χ1n) is 5.85. The molecule has 2 aromatic heterocycles. The van der Waals surface area contributed by atoms with Crippen LogP contribution in [0.4, 0.5) is 0 Å². The van der Waals surface area contributed by atoms with E-state index in [2.05, 4.69) is 18.9 Å². The molecule has 1 atom stereocenters. The maximum Gasteiger partial charge on any atom is 0.214 e. The number of hydrogen-bond donors (Lipinski definition) is 0. The van der Waals surface area contributed by atoms with Gasteiger partial charge in [0.1, 0.15) is 5.69 Å². The van der Waals surface area contributed by atoms with Gasteiger partial charge in [-0.15, -0.1) is 0 Å². The Kier molecular flexibility index (Phi) is 1.48. The molecule has 5 heterocycles. The molecule has 4 nitrogen and oxygen atoms in total. The maximum absolute atomic E-state index is 12.0. The number of hydrogen-bond acceptors (Lipinski definition) is 3. The minimum Gasteiger partial charge on any atom is -0.449 e. The molecule has 0 amide bonds. The molecule has 3 aliphatic rings. The van der Waals surface area contributed by atoms with Gasteiger partial charge in [0.25, 0.3) is 0 Å². The van der Waals surface area contributed by atoms with Crippen LogP contribution in [0.3, 0.4) is 0 Å². The maximum atomic E-state index is 12.0. The van der Waals surface area contributed by atoms with Gasteiger partial charge >= 0.3 is 0 Å². The Hall–Kier alpha value is -1.28. The van der Waals surface area contributed by atoms with Gasteiger partial charge in [-0.1, -0.05) is 13.8 Å². The number of furan rings is 1. The van der Waals surface area contributed by atoms with Crippen molar-refractivity contribution in [3.05, 3.63) is 11.8 Å². The molecule has 17 heavy (non-hydrogen) atoms. The molecule has 0 aliphatic carbocycles. The largest absolute Gasteiger partial charge is 0.449 e. The summed E-state index contributed by atoms with van der Waals surface area (Å²) < 4.78 is 19.4. The molecular formula is C12H13N2O2P. The van der Waals surface area contributed by atoms with Gasteiger partial charge < -0.3 is 8.98 Å². The van der Waals surface area contributed by atoms with Crippen LogP contribution in [-0.4, -0.2) is 9.78 Å². The van der Waals surface area contributed by atoms with Crippen molar-refractivity contribution in [1.82, 2.24) is 9.78 Å². The Morgan fingerprint density at radius 1 is 1.47 bits per heavy atom. The summed E-state index contributed by atoms with van der Waals surface area (Å²) in [5.41, 5.74) is 2.83. The molecule has 5 heteroatoms. The number of fused-ring (bicyclic) bond motifs is 1. The first-order chi connectivity index (χ1) is 8.03. The predicted octanol–water partition coefficient (Wildman–Crippen LogP) is 1.14. The normalized spacial score (nSPS) is 23.1. The highest BCUT2D eigenvalue weighted by molar-refractivity contribution is 8.06. The van der Waals surface area contributed by atoms with E-state index in [0.717, 1.165) is 34.0 Å². The lowest BCUT2D eigenvalue weighted by Gasteiger charge is -2.02. The van der Waals surface area contributed by atoms with Crippen LogP contribution in [0.5, 0.6) is 0 Å². The Bertz CT molecular complexity index is 699. The Morgan fingerprint density at radius 2 is 2.18 bits per heavy atom. The zero-order chi connectivity index (χ0) is 11.9. The van der Waals surface area contributed by atoms with Crippen molar-refractivity contribution in [2.75, 3.05) is 0 Å². The second kappa shape index (κ2) is 2.59. The van der Waals surface area contributed by atoms with Gasteiger partial charge in [0.05, 0.1) is 10.6 Å². The first kappa shape index (κ1) is 9.72. The van der Waals surface area contributed by atoms with Gasteiger partial charge in [0.15, 0.2) is 11.3 Å². The molecule has 5 rings (SSSR count). The fraction of sp³-hybridized carbons (Fsp3) is 0.417. The molecule has 88 valence electrons. The van der Waals surface area contributed by atoms with Gasteiger partial charge in [-0.3, -0.25) is 4.68 Å². The highest BCUT2D eigenvalue weighted by Crippen LogP contribution is 2.70. The Labute approximate surface area is 99.0 Å². The summed E-state index contributed by atoms with van der Waals surface area (Å²) in [6, 6.07) is 0. The molecule has 2 aromatic rings. The van der Waals surface area contributed by atoms with Crippen LogP contribution in [0, 0.1) is 5.92 Å². The van der Waals surface area contributed by atoms with E-state index < -0.39 is 7.14 Å². The molecule has 0 radical (unpaired) electrons. The Balaban J connectivity index is 1.82. The second-order valence-electron chi connectivity index (χ2n) is 5.32. The summed E-state index contributed by atoms with van der Waals surface area (Å²) in [6.45, 7) is 4.36. The van der Waals surface area contributed by atoms with Gasteiger partial charge in [-0.25, -0.2) is 0 Å². The van der Waals surface area contributed by atoms with Crippen molar-refractivity contribution in [2.24, 2.45) is 13.0 Å². The average Bonchev–Trinajstić information content (AvgIpc) is 2.81. The van der Waals surface area contributed by atoms with Crippen LogP contribution in [0.2, 0.25) is 0 Å². The third kappa shape index (κ3) is 1.00. The van der Waals surface area contributed by atoms with Crippen molar-refractivity contribution in [3.63, 3.8) is 0 Å². The van der Waals surface area contributed by atoms with E-state index in [4.69, 9.17) is 4.42 Å². The van der Waals surface area contributed by atoms with Crippen LogP contribution in [0.1, 0.15) is 19.4 Å². The van der Waals surface area contributed by atoms with Crippen molar-refractivity contribution in [2.45, 2.75) is 20.3 Å². The van der Waals surface area contributed by atoms with Gasteiger partial charge in [0, 0.05) is 18.8 Å². The van der Waals surface area contributed by atoms with Crippen LogP contribution < -0.4 is 16.1 Å². The summed E-state index contributed by atoms with van der Waals surface area (Å²) in [4.78, 5) is 0. The van der Waals surface area contributed by atoms with E-state index in [1.165, 1.54) is 5.56 Å². The summed E-state index contributed by atoms with van der Waals surface area (Å²) >= 11 is 0. The zero-order valence-electron chi connectivity index (χ0n) is 10.0. The average molecular weight is 248 g/mol. The molecule has 3 aliphatic heterocycles. The number of nitrogens with zero attached hydrogens (tertiary/aromatic N) is 2. The lowest BCUT2D eigenvalue weighted by molar-refractivity contribution is 0.589. The van der Waals surface area contributed by atoms with E-state index in [9.17, 15) is 4.57 Å². The lowest BCUT2D eigenvalue weighted by atomic mass is 10.0. The SMILES string of the molecule is CC(C)Cc1cn(C)nc1-c1oc2c3c1P23=O. The monoisotopic (exact) mass is 248 g/mol. The van der Waals surface area contributed by atoms with Gasteiger partial charge in [0.2, 0.25) is 7.14 Å². The fourth-order valence-corrected chi connectivity index (χ4v) is 5.06. The molecule has 0 spiro atoms. The van der Waals surface area contributed by atoms with Crippen LogP contribution >= 0.6 is 7.14 Å². The van der Waals surface area contributed by atoms with E-state index in [1.807, 2.05) is 13.2 Å². The van der Waals surface area contributed by atoms with Crippen molar-refractivity contribution < 1.29 is 8.98 Å². The number of rotatable bonds is 3. The second-order valence-corrected chi connectivity index (χ2v) is 7.84.